The Balaban J connectivity index is 1.54. The lowest BCUT2D eigenvalue weighted by Crippen LogP contribution is -2.23. The fraction of sp³-hybridized carbons (Fsp3) is 0.292. The number of carbonyl (C=O) groups is 2. The molecule has 9 nitrogen and oxygen atoms in total. The van der Waals surface area contributed by atoms with Crippen LogP contribution in [0.5, 0.6) is 17.2 Å². The van der Waals surface area contributed by atoms with E-state index in [2.05, 4.69) is 15.7 Å². The number of nitrogens with zero attached hydrogens (tertiary/aromatic N) is 2. The Hall–Kier alpha value is -4.01. The number of hydrogen-bond acceptors (Lipinski definition) is 6. The first-order valence-electron chi connectivity index (χ1n) is 10.6. The molecule has 1 aromatic heterocycles. The summed E-state index contributed by atoms with van der Waals surface area (Å²) in [7, 11) is 3.14. The van der Waals surface area contributed by atoms with Gasteiger partial charge in [0.25, 0.3) is 5.91 Å². The number of amides is 2. The molecule has 1 unspecified atom stereocenters. The molecule has 9 heteroatoms. The maximum absolute atomic E-state index is 12.7. The summed E-state index contributed by atoms with van der Waals surface area (Å²) in [5, 5.41) is 10.3. The maximum Gasteiger partial charge on any atom is 0.251 e. The highest BCUT2D eigenvalue weighted by Crippen LogP contribution is 2.41. The van der Waals surface area contributed by atoms with E-state index in [0.29, 0.717) is 29.6 Å². The quantitative estimate of drug-likeness (QED) is 0.541. The molecule has 2 amide bonds. The van der Waals surface area contributed by atoms with Crippen molar-refractivity contribution in [3.05, 3.63) is 48.2 Å². The molecule has 0 spiro atoms. The molecule has 0 aliphatic carbocycles. The molecule has 0 radical (unpaired) electrons. The van der Waals surface area contributed by atoms with Crippen molar-refractivity contribution < 1.29 is 23.8 Å². The summed E-state index contributed by atoms with van der Waals surface area (Å²) in [5.41, 5.74) is 2.96. The minimum atomic E-state index is -0.740. The summed E-state index contributed by atoms with van der Waals surface area (Å²) >= 11 is 0. The van der Waals surface area contributed by atoms with Crippen molar-refractivity contribution in [1.82, 2.24) is 9.78 Å². The first kappa shape index (κ1) is 22.2. The predicted octanol–water partition coefficient (Wildman–Crippen LogP) is 3.80. The summed E-state index contributed by atoms with van der Waals surface area (Å²) in [5.74, 6) is 1.91. The number of aryl methyl sites for hydroxylation is 1. The van der Waals surface area contributed by atoms with E-state index >= 15 is 0 Å². The standard InChI is InChI=1S/C24H26N4O5/c1-5-33-17-9-7-16(8-10-17)25-21(29)13-18-24(30)26-23-22(14(2)27-28(18)23)15-6-11-19(31-3)20(12-15)32-4/h6-12,18H,5,13H2,1-4H3,(H,25,29)(H,26,30). The maximum atomic E-state index is 12.7. The minimum Gasteiger partial charge on any atom is -0.494 e. The van der Waals surface area contributed by atoms with Crippen molar-refractivity contribution in [3.63, 3.8) is 0 Å². The highest BCUT2D eigenvalue weighted by atomic mass is 16.5. The molecule has 2 N–H and O–H groups in total. The number of hydrogen-bond donors (Lipinski definition) is 2. The molecule has 2 aromatic carbocycles. The fourth-order valence-corrected chi connectivity index (χ4v) is 3.91. The van der Waals surface area contributed by atoms with Gasteiger partial charge in [-0.25, -0.2) is 4.68 Å². The van der Waals surface area contributed by atoms with E-state index < -0.39 is 6.04 Å². The molecule has 172 valence electrons. The van der Waals surface area contributed by atoms with Gasteiger partial charge >= 0.3 is 0 Å². The average molecular weight is 450 g/mol. The molecule has 0 saturated heterocycles. The Labute approximate surface area is 191 Å². The van der Waals surface area contributed by atoms with Crippen molar-refractivity contribution in [2.24, 2.45) is 0 Å². The summed E-state index contributed by atoms with van der Waals surface area (Å²) in [6, 6.07) is 11.9. The number of aromatic nitrogens is 2. The zero-order chi connectivity index (χ0) is 23.5. The number of ether oxygens (including phenoxy) is 3. The highest BCUT2D eigenvalue weighted by molar-refractivity contribution is 6.04. The van der Waals surface area contributed by atoms with Gasteiger partial charge in [-0.2, -0.15) is 5.10 Å². The van der Waals surface area contributed by atoms with Crippen LogP contribution in [0.25, 0.3) is 11.1 Å². The van der Waals surface area contributed by atoms with E-state index in [1.165, 1.54) is 0 Å². The zero-order valence-electron chi connectivity index (χ0n) is 19.0. The Morgan fingerprint density at radius 1 is 1.12 bits per heavy atom. The van der Waals surface area contributed by atoms with Crippen LogP contribution in [-0.4, -0.2) is 42.4 Å². The van der Waals surface area contributed by atoms with Crippen molar-refractivity contribution in [3.8, 4) is 28.4 Å². The number of nitrogens with one attached hydrogen (secondary N) is 2. The van der Waals surface area contributed by atoms with Gasteiger partial charge < -0.3 is 24.8 Å². The van der Waals surface area contributed by atoms with E-state index in [1.807, 2.05) is 26.0 Å². The van der Waals surface area contributed by atoms with Gasteiger partial charge in [-0.3, -0.25) is 9.59 Å². The number of methoxy groups -OCH3 is 2. The number of fused-ring (bicyclic) bond motifs is 1. The third kappa shape index (κ3) is 4.34. The monoisotopic (exact) mass is 450 g/mol. The van der Waals surface area contributed by atoms with Crippen LogP contribution in [-0.2, 0) is 9.59 Å². The molecule has 4 rings (SSSR count). The average Bonchev–Trinajstić information content (AvgIpc) is 3.28. The van der Waals surface area contributed by atoms with Crippen molar-refractivity contribution in [2.45, 2.75) is 26.3 Å². The summed E-state index contributed by atoms with van der Waals surface area (Å²) in [6.07, 6.45) is -0.0431. The Morgan fingerprint density at radius 3 is 2.52 bits per heavy atom. The van der Waals surface area contributed by atoms with Gasteiger partial charge in [0, 0.05) is 11.3 Å². The molecule has 0 bridgehead atoms. The van der Waals surface area contributed by atoms with Crippen LogP contribution in [0.2, 0.25) is 0 Å². The topological polar surface area (TPSA) is 104 Å². The lowest BCUT2D eigenvalue weighted by molar-refractivity contribution is -0.123. The van der Waals surface area contributed by atoms with Crippen molar-refractivity contribution in [1.29, 1.82) is 0 Å². The molecule has 33 heavy (non-hydrogen) atoms. The van der Waals surface area contributed by atoms with Gasteiger partial charge in [-0.05, 0) is 55.8 Å². The lowest BCUT2D eigenvalue weighted by Gasteiger charge is -2.10. The molecular formula is C24H26N4O5. The fourth-order valence-electron chi connectivity index (χ4n) is 3.91. The van der Waals surface area contributed by atoms with Crippen molar-refractivity contribution in [2.75, 3.05) is 31.5 Å². The predicted molar refractivity (Wildman–Crippen MR) is 124 cm³/mol. The molecular weight excluding hydrogens is 424 g/mol. The number of carbonyl (C=O) groups excluding carboxylic acids is 2. The van der Waals surface area contributed by atoms with Gasteiger partial charge in [-0.15, -0.1) is 0 Å². The van der Waals surface area contributed by atoms with E-state index in [0.717, 1.165) is 22.6 Å². The summed E-state index contributed by atoms with van der Waals surface area (Å²) < 4.78 is 17.7. The van der Waals surface area contributed by atoms with Gasteiger partial charge in [0.2, 0.25) is 5.91 Å². The van der Waals surface area contributed by atoms with Crippen LogP contribution in [0.15, 0.2) is 42.5 Å². The molecule has 1 aliphatic rings. The number of rotatable bonds is 8. The van der Waals surface area contributed by atoms with Crippen LogP contribution in [0.1, 0.15) is 25.1 Å². The first-order valence-corrected chi connectivity index (χ1v) is 10.6. The lowest BCUT2D eigenvalue weighted by atomic mass is 10.1. The normalized spacial score (nSPS) is 14.4. The SMILES string of the molecule is CCOc1ccc(NC(=O)CC2C(=O)Nc3c(-c4ccc(OC)c(OC)c4)c(C)nn32)cc1. The number of benzene rings is 2. The molecule has 0 fully saturated rings. The second-order valence-electron chi connectivity index (χ2n) is 7.54. The summed E-state index contributed by atoms with van der Waals surface area (Å²) in [6.45, 7) is 4.34. The van der Waals surface area contributed by atoms with E-state index in [9.17, 15) is 9.59 Å². The second kappa shape index (κ2) is 9.23. The molecule has 0 saturated carbocycles. The first-order chi connectivity index (χ1) is 15.9. The second-order valence-corrected chi connectivity index (χ2v) is 7.54. The third-order valence-electron chi connectivity index (χ3n) is 5.42. The van der Waals surface area contributed by atoms with Crippen LogP contribution in [0.3, 0.4) is 0 Å². The zero-order valence-corrected chi connectivity index (χ0v) is 19.0. The van der Waals surface area contributed by atoms with E-state index in [-0.39, 0.29) is 18.2 Å². The van der Waals surface area contributed by atoms with Gasteiger partial charge in [0.05, 0.1) is 32.9 Å². The highest BCUT2D eigenvalue weighted by Gasteiger charge is 2.36. The van der Waals surface area contributed by atoms with Gasteiger partial charge in [0.1, 0.15) is 17.6 Å². The number of anilines is 2. The Bertz CT molecular complexity index is 1190. The van der Waals surface area contributed by atoms with Crippen molar-refractivity contribution >= 4 is 23.3 Å². The van der Waals surface area contributed by atoms with Gasteiger partial charge in [-0.1, -0.05) is 6.07 Å². The Kier molecular flexibility index (Phi) is 6.21. The largest absolute Gasteiger partial charge is 0.494 e. The van der Waals surface area contributed by atoms with E-state index in [4.69, 9.17) is 14.2 Å². The summed E-state index contributed by atoms with van der Waals surface area (Å²) in [4.78, 5) is 25.4. The molecule has 2 heterocycles. The van der Waals surface area contributed by atoms with Crippen LogP contribution < -0.4 is 24.8 Å². The van der Waals surface area contributed by atoms with Gasteiger partial charge in [0.15, 0.2) is 11.5 Å². The van der Waals surface area contributed by atoms with Crippen LogP contribution >= 0.6 is 0 Å². The van der Waals surface area contributed by atoms with E-state index in [1.54, 1.807) is 49.2 Å². The third-order valence-corrected chi connectivity index (χ3v) is 5.42. The molecule has 3 aromatic rings. The van der Waals surface area contributed by atoms with Crippen LogP contribution in [0.4, 0.5) is 11.5 Å². The smallest absolute Gasteiger partial charge is 0.251 e. The van der Waals surface area contributed by atoms with Crippen LogP contribution in [0, 0.1) is 6.92 Å². The molecule has 1 atom stereocenters. The minimum absolute atomic E-state index is 0.0431. The Morgan fingerprint density at radius 2 is 1.85 bits per heavy atom. The molecule has 1 aliphatic heterocycles.